The second-order valence-corrected chi connectivity index (χ2v) is 5.20. The zero-order valence-corrected chi connectivity index (χ0v) is 12.5. The van der Waals surface area contributed by atoms with Gasteiger partial charge in [0.15, 0.2) is 5.65 Å². The molecule has 0 aromatic carbocycles. The zero-order chi connectivity index (χ0) is 14.8. The van der Waals surface area contributed by atoms with Crippen molar-refractivity contribution < 1.29 is 0 Å². The van der Waals surface area contributed by atoms with Gasteiger partial charge in [-0.3, -0.25) is 5.10 Å². The van der Waals surface area contributed by atoms with Crippen molar-refractivity contribution >= 4 is 17.1 Å². The first-order valence-electron chi connectivity index (χ1n) is 7.03. The number of H-pyrrole nitrogens is 1. The average molecular weight is 285 g/mol. The van der Waals surface area contributed by atoms with Gasteiger partial charge in [-0.2, -0.15) is 10.1 Å². The number of nitrogens with zero attached hydrogens (tertiary/aromatic N) is 5. The van der Waals surface area contributed by atoms with Crippen molar-refractivity contribution in [2.24, 2.45) is 7.05 Å². The Morgan fingerprint density at radius 2 is 2.14 bits per heavy atom. The molecule has 0 aliphatic rings. The highest BCUT2D eigenvalue weighted by Gasteiger charge is 2.06. The first-order chi connectivity index (χ1) is 10.1. The molecule has 0 fully saturated rings. The molecule has 0 spiro atoms. The van der Waals surface area contributed by atoms with Crippen LogP contribution in [0.2, 0.25) is 0 Å². The van der Waals surface area contributed by atoms with E-state index in [1.807, 2.05) is 18.5 Å². The number of aromatic amines is 1. The van der Waals surface area contributed by atoms with Crippen LogP contribution in [-0.4, -0.2) is 36.3 Å². The van der Waals surface area contributed by atoms with Crippen molar-refractivity contribution in [1.29, 1.82) is 0 Å². The molecule has 0 bridgehead atoms. The van der Waals surface area contributed by atoms with Crippen LogP contribution in [0, 0.1) is 13.8 Å². The predicted molar refractivity (Wildman–Crippen MR) is 81.2 cm³/mol. The summed E-state index contributed by atoms with van der Waals surface area (Å²) in [6.45, 7) is 4.91. The second-order valence-electron chi connectivity index (χ2n) is 5.20. The van der Waals surface area contributed by atoms with Crippen LogP contribution in [0.4, 0.5) is 5.95 Å². The largest absolute Gasteiger partial charge is 0.354 e. The normalized spacial score (nSPS) is 11.2. The van der Waals surface area contributed by atoms with Crippen LogP contribution in [0.25, 0.3) is 11.2 Å². The molecule has 3 rings (SSSR count). The maximum atomic E-state index is 4.39. The molecule has 0 unspecified atom stereocenters. The molecule has 7 nitrogen and oxygen atoms in total. The molecule has 2 N–H and O–H groups in total. The number of aromatic nitrogens is 6. The van der Waals surface area contributed by atoms with Crippen LogP contribution < -0.4 is 5.32 Å². The van der Waals surface area contributed by atoms with Crippen molar-refractivity contribution in [2.75, 3.05) is 11.9 Å². The van der Waals surface area contributed by atoms with E-state index in [0.29, 0.717) is 5.95 Å². The fourth-order valence-electron chi connectivity index (χ4n) is 2.41. The number of anilines is 1. The molecule has 110 valence electrons. The smallest absolute Gasteiger partial charge is 0.224 e. The van der Waals surface area contributed by atoms with E-state index in [1.54, 1.807) is 12.5 Å². The molecule has 0 amide bonds. The zero-order valence-electron chi connectivity index (χ0n) is 12.5. The minimum absolute atomic E-state index is 0.627. The molecule has 0 saturated heterocycles. The lowest BCUT2D eigenvalue weighted by molar-refractivity contribution is 0.844. The fourth-order valence-corrected chi connectivity index (χ4v) is 2.41. The average Bonchev–Trinajstić information content (AvgIpc) is 3.00. The molecule has 0 radical (unpaired) electrons. The number of rotatable bonds is 5. The molecule has 0 saturated carbocycles. The Hall–Kier alpha value is -2.44. The van der Waals surface area contributed by atoms with Gasteiger partial charge in [0.05, 0.1) is 18.2 Å². The standard InChI is InChI=1S/C14H19N7/c1-9-11(10(2)20-19-9)5-4-6-15-14-16-7-12-13(18-14)17-8-21(12)3/h7-8H,4-6H2,1-3H3,(H,19,20)(H,15,16,18). The lowest BCUT2D eigenvalue weighted by Crippen LogP contribution is -2.07. The summed E-state index contributed by atoms with van der Waals surface area (Å²) in [5, 5.41) is 10.5. The van der Waals surface area contributed by atoms with E-state index in [4.69, 9.17) is 0 Å². The third kappa shape index (κ3) is 2.72. The van der Waals surface area contributed by atoms with Gasteiger partial charge in [0.1, 0.15) is 5.52 Å². The van der Waals surface area contributed by atoms with Gasteiger partial charge in [-0.1, -0.05) is 0 Å². The SMILES string of the molecule is Cc1n[nH]c(C)c1CCCNc1ncc2c(ncn2C)n1. The quantitative estimate of drug-likeness (QED) is 0.698. The molecule has 3 aromatic rings. The lowest BCUT2D eigenvalue weighted by atomic mass is 10.1. The van der Waals surface area contributed by atoms with E-state index < -0.39 is 0 Å². The van der Waals surface area contributed by atoms with E-state index >= 15 is 0 Å². The second kappa shape index (κ2) is 5.51. The number of hydrogen-bond acceptors (Lipinski definition) is 5. The topological polar surface area (TPSA) is 84.3 Å². The highest BCUT2D eigenvalue weighted by Crippen LogP contribution is 2.12. The summed E-state index contributed by atoms with van der Waals surface area (Å²) in [6.07, 6.45) is 5.54. The highest BCUT2D eigenvalue weighted by molar-refractivity contribution is 5.70. The van der Waals surface area contributed by atoms with Crippen molar-refractivity contribution in [3.63, 3.8) is 0 Å². The van der Waals surface area contributed by atoms with E-state index in [0.717, 1.165) is 41.9 Å². The van der Waals surface area contributed by atoms with Crippen LogP contribution in [-0.2, 0) is 13.5 Å². The Balaban J connectivity index is 1.57. The van der Waals surface area contributed by atoms with E-state index in [2.05, 4.69) is 37.4 Å². The molecule has 7 heteroatoms. The molecular weight excluding hydrogens is 266 g/mol. The first kappa shape index (κ1) is 13.5. The van der Waals surface area contributed by atoms with Crippen LogP contribution in [0.15, 0.2) is 12.5 Å². The summed E-state index contributed by atoms with van der Waals surface area (Å²) in [7, 11) is 1.93. The van der Waals surface area contributed by atoms with Gasteiger partial charge in [0.2, 0.25) is 5.95 Å². The summed E-state index contributed by atoms with van der Waals surface area (Å²) in [5.74, 6) is 0.627. The minimum Gasteiger partial charge on any atom is -0.354 e. The molecule has 0 atom stereocenters. The number of imidazole rings is 1. The first-order valence-corrected chi connectivity index (χ1v) is 7.03. The van der Waals surface area contributed by atoms with Gasteiger partial charge < -0.3 is 9.88 Å². The van der Waals surface area contributed by atoms with Gasteiger partial charge in [-0.15, -0.1) is 0 Å². The Labute approximate surface area is 122 Å². The molecule has 21 heavy (non-hydrogen) atoms. The maximum absolute atomic E-state index is 4.39. The monoisotopic (exact) mass is 285 g/mol. The third-order valence-corrected chi connectivity index (χ3v) is 3.65. The Bertz CT molecular complexity index is 736. The van der Waals surface area contributed by atoms with E-state index in [9.17, 15) is 0 Å². The van der Waals surface area contributed by atoms with Gasteiger partial charge in [0.25, 0.3) is 0 Å². The van der Waals surface area contributed by atoms with Gasteiger partial charge in [-0.25, -0.2) is 9.97 Å². The predicted octanol–water partition coefficient (Wildman–Crippen LogP) is 1.75. The number of hydrogen-bond donors (Lipinski definition) is 2. The Morgan fingerprint density at radius 3 is 2.90 bits per heavy atom. The van der Waals surface area contributed by atoms with E-state index in [1.165, 1.54) is 5.56 Å². The minimum atomic E-state index is 0.627. The van der Waals surface area contributed by atoms with E-state index in [-0.39, 0.29) is 0 Å². The van der Waals surface area contributed by atoms with Crippen molar-refractivity contribution in [2.45, 2.75) is 26.7 Å². The summed E-state index contributed by atoms with van der Waals surface area (Å²) in [5.41, 5.74) is 5.19. The van der Waals surface area contributed by atoms with Crippen molar-refractivity contribution in [3.8, 4) is 0 Å². The van der Waals surface area contributed by atoms with Crippen LogP contribution in [0.1, 0.15) is 23.4 Å². The van der Waals surface area contributed by atoms with Gasteiger partial charge in [-0.05, 0) is 32.3 Å². The molecule has 3 aromatic heterocycles. The number of fused-ring (bicyclic) bond motifs is 1. The highest BCUT2D eigenvalue weighted by atomic mass is 15.2. The lowest BCUT2D eigenvalue weighted by Gasteiger charge is -2.05. The summed E-state index contributed by atoms with van der Waals surface area (Å²) < 4.78 is 1.91. The van der Waals surface area contributed by atoms with Crippen LogP contribution in [0.5, 0.6) is 0 Å². The van der Waals surface area contributed by atoms with Gasteiger partial charge >= 0.3 is 0 Å². The number of aryl methyl sites for hydroxylation is 3. The van der Waals surface area contributed by atoms with Crippen molar-refractivity contribution in [3.05, 3.63) is 29.5 Å². The van der Waals surface area contributed by atoms with Crippen LogP contribution in [0.3, 0.4) is 0 Å². The Morgan fingerprint density at radius 1 is 1.29 bits per heavy atom. The van der Waals surface area contributed by atoms with Crippen molar-refractivity contribution in [1.82, 2.24) is 29.7 Å². The fraction of sp³-hybridized carbons (Fsp3) is 0.429. The summed E-state index contributed by atoms with van der Waals surface area (Å²) in [4.78, 5) is 12.9. The molecule has 3 heterocycles. The molecular formula is C14H19N7. The third-order valence-electron chi connectivity index (χ3n) is 3.65. The van der Waals surface area contributed by atoms with Crippen LogP contribution >= 0.6 is 0 Å². The molecule has 0 aliphatic heterocycles. The Kier molecular flexibility index (Phi) is 3.55. The maximum Gasteiger partial charge on any atom is 0.224 e. The van der Waals surface area contributed by atoms with Gasteiger partial charge in [0, 0.05) is 19.3 Å². The summed E-state index contributed by atoms with van der Waals surface area (Å²) in [6, 6.07) is 0. The number of nitrogens with one attached hydrogen (secondary N) is 2. The summed E-state index contributed by atoms with van der Waals surface area (Å²) >= 11 is 0. The molecule has 0 aliphatic carbocycles.